The van der Waals surface area contributed by atoms with Gasteiger partial charge < -0.3 is 11.1 Å². The van der Waals surface area contributed by atoms with Crippen LogP contribution >= 0.6 is 23.4 Å². The van der Waals surface area contributed by atoms with Crippen LogP contribution < -0.4 is 22.3 Å². The van der Waals surface area contributed by atoms with Crippen LogP contribution in [-0.4, -0.2) is 20.3 Å². The number of carbonyl (C=O) groups is 1. The molecule has 3 aromatic carbocycles. The Bertz CT molecular complexity index is 1280. The van der Waals surface area contributed by atoms with Crippen LogP contribution in [0.4, 0.5) is 5.69 Å². The number of carbonyl (C=O) groups excluding carboxylic acids is 1. The number of hydrogen-bond donors (Lipinski definition) is 4. The molecule has 0 radical (unpaired) electrons. The Morgan fingerprint density at radius 2 is 1.76 bits per heavy atom. The molecule has 0 bridgehead atoms. The second-order valence-electron chi connectivity index (χ2n) is 6.97. The van der Waals surface area contributed by atoms with Crippen LogP contribution in [0.15, 0.2) is 80.9 Å². The van der Waals surface area contributed by atoms with Gasteiger partial charge in [-0.3, -0.25) is 10.2 Å². The Hall–Kier alpha value is -3.05. The summed E-state index contributed by atoms with van der Waals surface area (Å²) in [4.78, 5) is 13.0. The minimum atomic E-state index is -4.30. The maximum atomic E-state index is 13.0. The fraction of sp³-hybridized carbons (Fsp3) is 0.0909. The van der Waals surface area contributed by atoms with Gasteiger partial charge in [-0.1, -0.05) is 59.6 Å². The summed E-state index contributed by atoms with van der Waals surface area (Å²) in [6.45, 7) is 1.92. The lowest BCUT2D eigenvalue weighted by Gasteiger charge is -2.13. The molecule has 6 N–H and O–H groups in total. The average molecular weight is 504 g/mol. The van der Waals surface area contributed by atoms with E-state index in [1.807, 2.05) is 54.8 Å². The van der Waals surface area contributed by atoms with Gasteiger partial charge in [0.1, 0.15) is 4.90 Å². The van der Waals surface area contributed by atoms with Gasteiger partial charge >= 0.3 is 0 Å². The molecule has 0 aliphatic carbocycles. The molecule has 3 aromatic rings. The van der Waals surface area contributed by atoms with Crippen molar-refractivity contribution in [2.45, 2.75) is 22.5 Å². The maximum Gasteiger partial charge on any atom is 0.286 e. The van der Waals surface area contributed by atoms with Gasteiger partial charge in [0.25, 0.3) is 15.9 Å². The highest BCUT2D eigenvalue weighted by atomic mass is 35.5. The van der Waals surface area contributed by atoms with Gasteiger partial charge in [0.2, 0.25) is 5.96 Å². The minimum absolute atomic E-state index is 0.0191. The molecule has 0 spiro atoms. The van der Waals surface area contributed by atoms with Gasteiger partial charge in [-0.2, -0.15) is 8.42 Å². The van der Waals surface area contributed by atoms with E-state index in [1.54, 1.807) is 12.1 Å². The molecule has 0 aliphatic heterocycles. The first-order chi connectivity index (χ1) is 15.7. The zero-order valence-corrected chi connectivity index (χ0v) is 20.0. The van der Waals surface area contributed by atoms with Crippen molar-refractivity contribution in [1.29, 1.82) is 0 Å². The number of thioether (sulfide) groups is 1. The van der Waals surface area contributed by atoms with Gasteiger partial charge in [0.15, 0.2) is 0 Å². The van der Waals surface area contributed by atoms with Crippen LogP contribution in [-0.2, 0) is 15.8 Å². The number of guanidine groups is 1. The van der Waals surface area contributed by atoms with E-state index in [-0.39, 0.29) is 15.5 Å². The smallest absolute Gasteiger partial charge is 0.286 e. The summed E-state index contributed by atoms with van der Waals surface area (Å²) in [6.07, 6.45) is 0. The van der Waals surface area contributed by atoms with Gasteiger partial charge in [-0.25, -0.2) is 5.84 Å². The Balaban J connectivity index is 2.01. The Morgan fingerprint density at radius 1 is 1.09 bits per heavy atom. The van der Waals surface area contributed by atoms with Crippen LogP contribution in [0.25, 0.3) is 0 Å². The van der Waals surface area contributed by atoms with Gasteiger partial charge in [-0.05, 0) is 36.8 Å². The number of hydrogen-bond acceptors (Lipinski definition) is 5. The molecule has 0 heterocycles. The van der Waals surface area contributed by atoms with Crippen LogP contribution in [0.1, 0.15) is 21.5 Å². The summed E-state index contributed by atoms with van der Waals surface area (Å²) in [5, 5.41) is 2.82. The van der Waals surface area contributed by atoms with Crippen molar-refractivity contribution in [3.8, 4) is 0 Å². The summed E-state index contributed by atoms with van der Waals surface area (Å²) in [5.74, 6) is 4.59. The lowest BCUT2D eigenvalue weighted by atomic mass is 10.2. The SMILES string of the molecule is Cc1ccc(NC(=O)c2cc(S(=O)(=O)/N=C(\N)NN)c(SCc3ccccc3)cc2Cl)cc1. The standard InChI is InChI=1S/C22H22ClN5O3S2/c1-14-7-9-16(10-8-14)26-21(29)17-11-20(33(30,31)28-22(24)27-25)19(12-18(17)23)32-13-15-5-3-2-4-6-15/h2-12H,13,25H2,1H3,(H,26,29)(H3,24,27,28). The van der Waals surface area contributed by atoms with Crippen LogP contribution in [0.5, 0.6) is 0 Å². The van der Waals surface area contributed by atoms with Crippen molar-refractivity contribution in [3.05, 3.63) is 88.4 Å². The Labute approximate surface area is 201 Å². The fourth-order valence-electron chi connectivity index (χ4n) is 2.80. The van der Waals surface area contributed by atoms with Gasteiger partial charge in [-0.15, -0.1) is 16.2 Å². The van der Waals surface area contributed by atoms with Crippen molar-refractivity contribution < 1.29 is 13.2 Å². The molecular weight excluding hydrogens is 482 g/mol. The number of sulfonamides is 1. The Morgan fingerprint density at radius 3 is 2.39 bits per heavy atom. The number of nitrogens with one attached hydrogen (secondary N) is 2. The van der Waals surface area contributed by atoms with Crippen LogP contribution in [0.3, 0.4) is 0 Å². The maximum absolute atomic E-state index is 13.0. The fourth-order valence-corrected chi connectivity index (χ4v) is 5.51. The second kappa shape index (κ2) is 10.7. The molecule has 1 amide bonds. The van der Waals surface area contributed by atoms with Crippen molar-refractivity contribution in [2.75, 3.05) is 5.32 Å². The zero-order chi connectivity index (χ0) is 24.0. The molecule has 0 fully saturated rings. The number of hydrazine groups is 1. The number of benzene rings is 3. The molecule has 0 atom stereocenters. The molecule has 0 saturated heterocycles. The third-order valence-electron chi connectivity index (χ3n) is 4.47. The largest absolute Gasteiger partial charge is 0.368 e. The molecular formula is C22H22ClN5O3S2. The molecule has 0 aromatic heterocycles. The Kier molecular flexibility index (Phi) is 7.98. The van der Waals surface area contributed by atoms with Crippen molar-refractivity contribution in [3.63, 3.8) is 0 Å². The first-order valence-electron chi connectivity index (χ1n) is 9.65. The molecule has 0 aliphatic rings. The summed E-state index contributed by atoms with van der Waals surface area (Å²) in [7, 11) is -4.30. The van der Waals surface area contributed by atoms with E-state index in [0.717, 1.165) is 11.1 Å². The number of rotatable bonds is 7. The third kappa shape index (κ3) is 6.48. The summed E-state index contributed by atoms with van der Waals surface area (Å²) in [6, 6.07) is 19.3. The lowest BCUT2D eigenvalue weighted by Crippen LogP contribution is -2.37. The van der Waals surface area contributed by atoms with E-state index in [0.29, 0.717) is 16.3 Å². The molecule has 3 rings (SSSR count). The van der Waals surface area contributed by atoms with E-state index in [4.69, 9.17) is 23.2 Å². The van der Waals surface area contributed by atoms with Crippen LogP contribution in [0.2, 0.25) is 5.02 Å². The predicted octanol–water partition coefficient (Wildman–Crippen LogP) is 3.66. The first kappa shape index (κ1) is 24.6. The highest BCUT2D eigenvalue weighted by Gasteiger charge is 2.24. The number of halogens is 1. The highest BCUT2D eigenvalue weighted by Crippen LogP contribution is 2.35. The molecule has 172 valence electrons. The van der Waals surface area contributed by atoms with Gasteiger partial charge in [0, 0.05) is 16.3 Å². The number of amides is 1. The lowest BCUT2D eigenvalue weighted by molar-refractivity contribution is 0.102. The van der Waals surface area contributed by atoms with E-state index >= 15 is 0 Å². The van der Waals surface area contributed by atoms with Crippen molar-refractivity contribution >= 4 is 50.9 Å². The third-order valence-corrected chi connectivity index (χ3v) is 7.37. The molecule has 33 heavy (non-hydrogen) atoms. The number of aryl methyl sites for hydroxylation is 1. The summed E-state index contributed by atoms with van der Waals surface area (Å²) >= 11 is 7.64. The van der Waals surface area contributed by atoms with Gasteiger partial charge in [0.05, 0.1) is 10.6 Å². The summed E-state index contributed by atoms with van der Waals surface area (Å²) in [5.41, 5.74) is 10.0. The number of anilines is 1. The summed E-state index contributed by atoms with van der Waals surface area (Å²) < 4.78 is 29.4. The normalized spacial score (nSPS) is 11.8. The molecule has 0 saturated carbocycles. The second-order valence-corrected chi connectivity index (χ2v) is 9.97. The monoisotopic (exact) mass is 503 g/mol. The zero-order valence-electron chi connectivity index (χ0n) is 17.6. The molecule has 0 unspecified atom stereocenters. The van der Waals surface area contributed by atoms with Crippen molar-refractivity contribution in [2.24, 2.45) is 16.0 Å². The van der Waals surface area contributed by atoms with E-state index < -0.39 is 21.9 Å². The van der Waals surface area contributed by atoms with E-state index in [9.17, 15) is 13.2 Å². The van der Waals surface area contributed by atoms with E-state index in [2.05, 4.69) is 9.71 Å². The number of nitrogens with zero attached hydrogens (tertiary/aromatic N) is 1. The minimum Gasteiger partial charge on any atom is -0.368 e. The first-order valence-corrected chi connectivity index (χ1v) is 12.5. The highest BCUT2D eigenvalue weighted by molar-refractivity contribution is 7.99. The predicted molar refractivity (Wildman–Crippen MR) is 133 cm³/mol. The number of nitrogens with two attached hydrogens (primary N) is 2. The molecule has 8 nitrogen and oxygen atoms in total. The topological polar surface area (TPSA) is 140 Å². The van der Waals surface area contributed by atoms with E-state index in [1.165, 1.54) is 23.9 Å². The van der Waals surface area contributed by atoms with Crippen LogP contribution in [0, 0.1) is 6.92 Å². The quantitative estimate of drug-likeness (QED) is 0.127. The van der Waals surface area contributed by atoms with Crippen molar-refractivity contribution in [1.82, 2.24) is 5.43 Å². The molecule has 11 heteroatoms. The average Bonchev–Trinajstić information content (AvgIpc) is 2.79.